The number of carbonyl (C=O) groups excluding carboxylic acids is 1. The normalized spacial score (nSPS) is 6.67. The summed E-state index contributed by atoms with van der Waals surface area (Å²) < 4.78 is 0. The van der Waals surface area contributed by atoms with Gasteiger partial charge in [0.2, 0.25) is 0 Å². The molecule has 0 bridgehead atoms. The number of hydrogen-bond donors (Lipinski definition) is 0. The van der Waals surface area contributed by atoms with Gasteiger partial charge in [-0.3, -0.25) is 0 Å². The van der Waals surface area contributed by atoms with Crippen LogP contribution in [0.2, 0.25) is 0 Å². The van der Waals surface area contributed by atoms with Gasteiger partial charge in [0, 0.05) is 137 Å². The Morgan fingerprint density at radius 3 is 1.58 bits per heavy atom. The maximum Gasteiger partial charge on any atom is 0.115 e. The standard InChI is InChI=1S/C6H12NO.4Y/c1-5(2)6(8)4-7-3;;;;/h5H,4H2,1-3H3;;;;/q-1;;;;. The zero-order valence-electron chi connectivity index (χ0n) is 7.95. The fraction of sp³-hybridized carbons (Fsp3) is 0.833. The van der Waals surface area contributed by atoms with E-state index in [1.807, 2.05) is 13.8 Å². The number of carbonyl (C=O) groups is 1. The molecule has 4 radical (unpaired) electrons. The van der Waals surface area contributed by atoms with Gasteiger partial charge in [-0.1, -0.05) is 20.4 Å². The van der Waals surface area contributed by atoms with E-state index in [1.54, 1.807) is 7.05 Å². The molecule has 0 amide bonds. The molecule has 0 aromatic carbocycles. The minimum atomic E-state index is 0. The van der Waals surface area contributed by atoms with Crippen LogP contribution in [0, 0.1) is 5.92 Å². The van der Waals surface area contributed by atoms with E-state index in [2.05, 4.69) is 5.32 Å². The molecule has 0 fully saturated rings. The van der Waals surface area contributed by atoms with Crippen LogP contribution < -0.4 is 0 Å². The van der Waals surface area contributed by atoms with E-state index in [-0.39, 0.29) is 143 Å². The molecule has 0 aromatic heterocycles. The number of nitrogens with zero attached hydrogens (tertiary/aromatic N) is 1. The number of hydrogen-bond acceptors (Lipinski definition) is 1. The number of rotatable bonds is 3. The summed E-state index contributed by atoms with van der Waals surface area (Å²) in [5.74, 6) is 0.353. The minimum absolute atomic E-state index is 0. The van der Waals surface area contributed by atoms with Crippen molar-refractivity contribution in [2.24, 2.45) is 5.92 Å². The maximum absolute atomic E-state index is 10.6. The summed E-state index contributed by atoms with van der Waals surface area (Å²) in [6.45, 7) is 4.14. The van der Waals surface area contributed by atoms with Crippen molar-refractivity contribution in [1.29, 1.82) is 0 Å². The summed E-state index contributed by atoms with van der Waals surface area (Å²) in [4.78, 5) is 10.6. The average Bonchev–Trinajstić information content (AvgIpc) is 1.67. The molecular weight excluding hydrogens is 458 g/mol. The summed E-state index contributed by atoms with van der Waals surface area (Å²) in [7, 11) is 1.65. The summed E-state index contributed by atoms with van der Waals surface area (Å²) >= 11 is 0. The first-order valence-corrected chi connectivity index (χ1v) is 2.76. The zero-order valence-corrected chi connectivity index (χ0v) is 19.3. The van der Waals surface area contributed by atoms with Crippen molar-refractivity contribution < 1.29 is 136 Å². The van der Waals surface area contributed by atoms with Crippen molar-refractivity contribution in [3.63, 3.8) is 0 Å². The van der Waals surface area contributed by atoms with Gasteiger partial charge in [0.1, 0.15) is 5.78 Å². The second-order valence-electron chi connectivity index (χ2n) is 2.10. The molecule has 0 aliphatic carbocycles. The van der Waals surface area contributed by atoms with Gasteiger partial charge in [0.25, 0.3) is 0 Å². The Labute approximate surface area is 176 Å². The maximum atomic E-state index is 10.6. The largest absolute Gasteiger partial charge is 0.659 e. The molecule has 0 atom stereocenters. The van der Waals surface area contributed by atoms with Crippen LogP contribution in [0.25, 0.3) is 5.32 Å². The van der Waals surface area contributed by atoms with E-state index in [4.69, 9.17) is 0 Å². The van der Waals surface area contributed by atoms with Gasteiger partial charge in [-0.05, 0) is 0 Å². The van der Waals surface area contributed by atoms with Crippen molar-refractivity contribution in [2.45, 2.75) is 13.8 Å². The Kier molecular flexibility index (Phi) is 50.8. The molecule has 0 N–H and O–H groups in total. The van der Waals surface area contributed by atoms with Crippen LogP contribution in [-0.4, -0.2) is 19.4 Å². The molecule has 0 unspecified atom stereocenters. The molecule has 12 heavy (non-hydrogen) atoms. The number of Topliss-reactive ketones (excluding diaryl/α,β-unsaturated/α-hetero) is 1. The quantitative estimate of drug-likeness (QED) is 0.611. The van der Waals surface area contributed by atoms with E-state index in [9.17, 15) is 4.79 Å². The van der Waals surface area contributed by atoms with Crippen molar-refractivity contribution in [3.8, 4) is 0 Å². The minimum Gasteiger partial charge on any atom is -0.659 e. The zero-order chi connectivity index (χ0) is 6.57. The molecule has 6 heteroatoms. The third-order valence-electron chi connectivity index (χ3n) is 0.958. The van der Waals surface area contributed by atoms with E-state index >= 15 is 0 Å². The first-order valence-electron chi connectivity index (χ1n) is 2.76. The van der Waals surface area contributed by atoms with Crippen LogP contribution in [0.3, 0.4) is 0 Å². The SMILES string of the molecule is C[N-]CC(=O)C(C)C.[Y].[Y].[Y].[Y]. The summed E-state index contributed by atoms with van der Waals surface area (Å²) in [5, 5.41) is 3.71. The summed E-state index contributed by atoms with van der Waals surface area (Å²) in [6, 6.07) is 0. The van der Waals surface area contributed by atoms with E-state index < -0.39 is 0 Å². The van der Waals surface area contributed by atoms with E-state index in [1.165, 1.54) is 0 Å². The molecular formula is C6H12NOY4-. The van der Waals surface area contributed by atoms with Gasteiger partial charge in [0.05, 0.1) is 0 Å². The fourth-order valence-electron chi connectivity index (χ4n) is 0.338. The van der Waals surface area contributed by atoms with Gasteiger partial charge in [-0.2, -0.15) is 7.05 Å². The van der Waals surface area contributed by atoms with Crippen molar-refractivity contribution in [1.82, 2.24) is 0 Å². The predicted molar refractivity (Wildman–Crippen MR) is 34.0 cm³/mol. The van der Waals surface area contributed by atoms with Crippen LogP contribution in [0.4, 0.5) is 0 Å². The average molecular weight is 470 g/mol. The van der Waals surface area contributed by atoms with E-state index in [0.717, 1.165) is 0 Å². The molecule has 0 heterocycles. The van der Waals surface area contributed by atoms with Gasteiger partial charge in [-0.15, -0.1) is 0 Å². The van der Waals surface area contributed by atoms with Crippen molar-refractivity contribution >= 4 is 5.78 Å². The van der Waals surface area contributed by atoms with Crippen LogP contribution in [0.1, 0.15) is 13.8 Å². The van der Waals surface area contributed by atoms with Crippen molar-refractivity contribution in [3.05, 3.63) is 5.32 Å². The van der Waals surface area contributed by atoms with Crippen molar-refractivity contribution in [2.75, 3.05) is 13.6 Å². The molecule has 0 aliphatic rings. The Bertz CT molecular complexity index is 89.6. The molecule has 0 rings (SSSR count). The van der Waals surface area contributed by atoms with Gasteiger partial charge in [0.15, 0.2) is 0 Å². The molecule has 60 valence electrons. The van der Waals surface area contributed by atoms with Gasteiger partial charge >= 0.3 is 0 Å². The first kappa shape index (κ1) is 29.8. The monoisotopic (exact) mass is 470 g/mol. The summed E-state index contributed by atoms with van der Waals surface area (Å²) in [6.07, 6.45) is 0. The fourth-order valence-corrected chi connectivity index (χ4v) is 0.338. The Hall–Kier alpha value is 4.05. The van der Waals surface area contributed by atoms with Crippen LogP contribution in [-0.2, 0) is 136 Å². The second-order valence-corrected chi connectivity index (χ2v) is 2.10. The Balaban J connectivity index is -0.0000000408. The molecule has 0 aromatic rings. The van der Waals surface area contributed by atoms with Gasteiger partial charge in [-0.25, -0.2) is 0 Å². The topological polar surface area (TPSA) is 31.2 Å². The Morgan fingerprint density at radius 2 is 1.50 bits per heavy atom. The van der Waals surface area contributed by atoms with Crippen LogP contribution >= 0.6 is 0 Å². The first-order chi connectivity index (χ1) is 3.68. The molecule has 0 saturated carbocycles. The number of ketones is 1. The molecule has 0 aliphatic heterocycles. The molecule has 0 saturated heterocycles. The Morgan fingerprint density at radius 1 is 1.17 bits per heavy atom. The van der Waals surface area contributed by atoms with Gasteiger partial charge < -0.3 is 10.1 Å². The summed E-state index contributed by atoms with van der Waals surface area (Å²) in [5.41, 5.74) is 0. The second kappa shape index (κ2) is 20.5. The number of likely N-dealkylation sites (N-methyl/N-ethyl adjacent to an activating group) is 1. The van der Waals surface area contributed by atoms with E-state index in [0.29, 0.717) is 6.54 Å². The molecule has 2 nitrogen and oxygen atoms in total. The third kappa shape index (κ3) is 19.6. The smallest absolute Gasteiger partial charge is 0.115 e. The predicted octanol–water partition coefficient (Wildman–Crippen LogP) is 1.21. The van der Waals surface area contributed by atoms with Crippen LogP contribution in [0.15, 0.2) is 0 Å². The third-order valence-corrected chi connectivity index (χ3v) is 0.958. The van der Waals surface area contributed by atoms with Crippen LogP contribution in [0.5, 0.6) is 0 Å². The molecule has 0 spiro atoms.